The van der Waals surface area contributed by atoms with E-state index in [1.807, 2.05) is 50.2 Å². The first-order valence-electron chi connectivity index (χ1n) is 11.6. The highest BCUT2D eigenvalue weighted by molar-refractivity contribution is 6.31. The van der Waals surface area contributed by atoms with Crippen molar-refractivity contribution >= 4 is 29.3 Å². The molecule has 1 saturated heterocycles. The topological polar surface area (TPSA) is 70.9 Å². The van der Waals surface area contributed by atoms with Crippen LogP contribution in [0.4, 0.5) is 10.5 Å². The van der Waals surface area contributed by atoms with Crippen LogP contribution in [0, 0.1) is 0 Å². The lowest BCUT2D eigenvalue weighted by atomic mass is 9.91. The van der Waals surface area contributed by atoms with E-state index in [0.717, 1.165) is 18.8 Å². The lowest BCUT2D eigenvalue weighted by Gasteiger charge is -2.50. The number of fused-ring (bicyclic) bond motifs is 3. The van der Waals surface area contributed by atoms with E-state index in [4.69, 9.17) is 16.3 Å². The quantitative estimate of drug-likeness (QED) is 0.546. The molecular formula is C25H34ClN5O3. The van der Waals surface area contributed by atoms with E-state index in [9.17, 15) is 9.59 Å². The molecule has 1 fully saturated rings. The minimum Gasteiger partial charge on any atom is -0.455 e. The summed E-state index contributed by atoms with van der Waals surface area (Å²) < 4.78 is 7.52. The second-order valence-electron chi connectivity index (χ2n) is 11.0. The fraction of sp³-hybridized carbons (Fsp3) is 0.560. The number of carbonyl (C=O) groups excluding carboxylic acids is 2. The molecule has 0 saturated carbocycles. The number of imidazole rings is 1. The highest BCUT2D eigenvalue weighted by Crippen LogP contribution is 2.45. The summed E-state index contributed by atoms with van der Waals surface area (Å²) in [5.74, 6) is -0.513. The zero-order chi connectivity index (χ0) is 25.2. The normalized spacial score (nSPS) is 22.3. The van der Waals surface area contributed by atoms with Gasteiger partial charge in [-0.1, -0.05) is 11.6 Å². The molecule has 8 nitrogen and oxygen atoms in total. The molecule has 4 rings (SSSR count). The maximum atomic E-state index is 14.3. The fourth-order valence-corrected chi connectivity index (χ4v) is 5.47. The number of carbonyl (C=O) groups is 2. The minimum absolute atomic E-state index is 0.0249. The Morgan fingerprint density at radius 1 is 1.12 bits per heavy atom. The van der Waals surface area contributed by atoms with Crippen LogP contribution in [0.5, 0.6) is 0 Å². The zero-order valence-corrected chi connectivity index (χ0v) is 22.0. The molecule has 1 aromatic carbocycles. The van der Waals surface area contributed by atoms with E-state index >= 15 is 0 Å². The molecular weight excluding hydrogens is 454 g/mol. The second kappa shape index (κ2) is 8.27. The highest BCUT2D eigenvalue weighted by atomic mass is 35.5. The summed E-state index contributed by atoms with van der Waals surface area (Å²) in [7, 11) is 2.07. The summed E-state index contributed by atoms with van der Waals surface area (Å²) in [6.07, 6.45) is 1.62. The molecule has 0 N–H and O–H groups in total. The predicted molar refractivity (Wildman–Crippen MR) is 133 cm³/mol. The average molecular weight is 488 g/mol. The van der Waals surface area contributed by atoms with Crippen LogP contribution in [0.25, 0.3) is 5.69 Å². The van der Waals surface area contributed by atoms with Gasteiger partial charge >= 0.3 is 12.0 Å². The number of halogens is 1. The first-order chi connectivity index (χ1) is 15.7. The van der Waals surface area contributed by atoms with E-state index in [-0.39, 0.29) is 23.8 Å². The number of aromatic nitrogens is 2. The maximum absolute atomic E-state index is 14.3. The average Bonchev–Trinajstić information content (AvgIpc) is 3.12. The Balaban J connectivity index is 1.88. The first kappa shape index (κ1) is 24.5. The number of rotatable bonds is 1. The summed E-state index contributed by atoms with van der Waals surface area (Å²) in [6.45, 7) is 15.0. The van der Waals surface area contributed by atoms with Crippen molar-refractivity contribution in [2.24, 2.45) is 0 Å². The second-order valence-corrected chi connectivity index (χ2v) is 11.4. The Hall–Kier alpha value is -2.58. The van der Waals surface area contributed by atoms with Crippen molar-refractivity contribution in [1.82, 2.24) is 19.4 Å². The third-order valence-electron chi connectivity index (χ3n) is 6.45. The van der Waals surface area contributed by atoms with E-state index in [1.54, 1.807) is 23.4 Å². The SMILES string of the molecule is CC1CN(C)CC(C)N1C(=O)N1c2cc(Cl)ccc2-n2cnc(C(=O)OC(C)(C)C)c2C1(C)C. The van der Waals surface area contributed by atoms with Crippen LogP contribution in [-0.2, 0) is 10.3 Å². The number of urea groups is 1. The van der Waals surface area contributed by atoms with Gasteiger partial charge in [-0.05, 0) is 73.7 Å². The molecule has 0 radical (unpaired) electrons. The number of benzene rings is 1. The molecule has 0 aliphatic carbocycles. The van der Waals surface area contributed by atoms with Crippen LogP contribution in [0.3, 0.4) is 0 Å². The predicted octanol–water partition coefficient (Wildman–Crippen LogP) is 4.68. The van der Waals surface area contributed by atoms with Crippen LogP contribution >= 0.6 is 11.6 Å². The van der Waals surface area contributed by atoms with Gasteiger partial charge in [0.1, 0.15) is 11.9 Å². The number of piperazine rings is 1. The van der Waals surface area contributed by atoms with Crippen LogP contribution in [0.1, 0.15) is 64.6 Å². The summed E-state index contributed by atoms with van der Waals surface area (Å²) >= 11 is 6.40. The Bertz CT molecular complexity index is 1120. The van der Waals surface area contributed by atoms with Gasteiger partial charge in [0.2, 0.25) is 0 Å². The molecule has 184 valence electrons. The van der Waals surface area contributed by atoms with Gasteiger partial charge < -0.3 is 14.5 Å². The van der Waals surface area contributed by atoms with Gasteiger partial charge in [-0.3, -0.25) is 9.47 Å². The Kier molecular flexibility index (Phi) is 5.97. The number of amides is 2. The van der Waals surface area contributed by atoms with E-state index < -0.39 is 17.1 Å². The molecule has 9 heteroatoms. The third kappa shape index (κ3) is 4.07. The Morgan fingerprint density at radius 2 is 1.74 bits per heavy atom. The van der Waals surface area contributed by atoms with E-state index in [2.05, 4.69) is 30.8 Å². The Morgan fingerprint density at radius 3 is 2.32 bits per heavy atom. The van der Waals surface area contributed by atoms with Gasteiger partial charge in [-0.25, -0.2) is 14.6 Å². The molecule has 2 amide bonds. The van der Waals surface area contributed by atoms with Crippen molar-refractivity contribution in [3.8, 4) is 5.69 Å². The number of hydrogen-bond acceptors (Lipinski definition) is 5. The van der Waals surface area contributed by atoms with Gasteiger partial charge in [-0.15, -0.1) is 0 Å². The fourth-order valence-electron chi connectivity index (χ4n) is 5.30. The van der Waals surface area contributed by atoms with Crippen molar-refractivity contribution < 1.29 is 14.3 Å². The molecule has 2 unspecified atom stereocenters. The van der Waals surface area contributed by atoms with Gasteiger partial charge in [0.25, 0.3) is 0 Å². The number of likely N-dealkylation sites (N-methyl/N-ethyl adjacent to an activating group) is 1. The summed E-state index contributed by atoms with van der Waals surface area (Å²) in [4.78, 5) is 37.8. The van der Waals surface area contributed by atoms with Crippen molar-refractivity contribution in [1.29, 1.82) is 0 Å². The highest BCUT2D eigenvalue weighted by Gasteiger charge is 2.48. The van der Waals surface area contributed by atoms with E-state index in [1.165, 1.54) is 0 Å². The molecule has 2 aliphatic heterocycles. The lowest BCUT2D eigenvalue weighted by molar-refractivity contribution is 0.00597. The molecule has 3 heterocycles. The third-order valence-corrected chi connectivity index (χ3v) is 6.68. The van der Waals surface area contributed by atoms with Crippen molar-refractivity contribution in [2.45, 2.75) is 71.7 Å². The molecule has 2 atom stereocenters. The monoisotopic (exact) mass is 487 g/mol. The van der Waals surface area contributed by atoms with Gasteiger partial charge in [0.05, 0.1) is 22.6 Å². The van der Waals surface area contributed by atoms with Crippen LogP contribution in [-0.4, -0.2) is 69.2 Å². The number of nitrogens with zero attached hydrogens (tertiary/aromatic N) is 5. The standard InChI is InChI=1S/C25H34ClN5O3/c1-15-12-28(8)13-16(2)30(15)23(33)31-19-11-17(26)9-10-18(19)29-14-27-20(21(29)25(31,6)7)22(32)34-24(3,4)5/h9-11,14-16H,12-13H2,1-8H3. The molecule has 2 aromatic rings. The number of esters is 1. The van der Waals surface area contributed by atoms with Crippen LogP contribution in [0.2, 0.25) is 5.02 Å². The maximum Gasteiger partial charge on any atom is 0.359 e. The smallest absolute Gasteiger partial charge is 0.359 e. The Labute approximate surface area is 206 Å². The lowest BCUT2D eigenvalue weighted by Crippen LogP contribution is -2.64. The largest absolute Gasteiger partial charge is 0.455 e. The van der Waals surface area contributed by atoms with Gasteiger partial charge in [0.15, 0.2) is 5.69 Å². The summed E-state index contributed by atoms with van der Waals surface area (Å²) in [5, 5.41) is 0.530. The number of hydrogen-bond donors (Lipinski definition) is 0. The zero-order valence-electron chi connectivity index (χ0n) is 21.2. The minimum atomic E-state index is -0.902. The van der Waals surface area contributed by atoms with Crippen LogP contribution in [0.15, 0.2) is 24.5 Å². The van der Waals surface area contributed by atoms with Crippen molar-refractivity contribution in [3.05, 3.63) is 40.9 Å². The molecule has 2 aliphatic rings. The number of anilines is 1. The van der Waals surface area contributed by atoms with Crippen LogP contribution < -0.4 is 4.90 Å². The molecule has 0 spiro atoms. The van der Waals surface area contributed by atoms with E-state index in [0.29, 0.717) is 16.4 Å². The molecule has 1 aromatic heterocycles. The molecule has 0 bridgehead atoms. The summed E-state index contributed by atoms with van der Waals surface area (Å²) in [5.41, 5.74) is 0.667. The van der Waals surface area contributed by atoms with Crippen molar-refractivity contribution in [2.75, 3.05) is 25.0 Å². The summed E-state index contributed by atoms with van der Waals surface area (Å²) in [6, 6.07) is 5.36. The van der Waals surface area contributed by atoms with Crippen molar-refractivity contribution in [3.63, 3.8) is 0 Å². The number of ether oxygens (including phenoxy) is 1. The van der Waals surface area contributed by atoms with Gasteiger partial charge in [-0.2, -0.15) is 0 Å². The first-order valence-corrected chi connectivity index (χ1v) is 12.0. The van der Waals surface area contributed by atoms with Gasteiger partial charge in [0, 0.05) is 30.2 Å². The molecule has 34 heavy (non-hydrogen) atoms.